The Bertz CT molecular complexity index is 1120. The summed E-state index contributed by atoms with van der Waals surface area (Å²) in [5, 5.41) is 12.8. The molecule has 2 aromatic rings. The maximum atomic E-state index is 15.3. The minimum Gasteiger partial charge on any atom is -0.477 e. The van der Waals surface area contributed by atoms with Gasteiger partial charge in [-0.3, -0.25) is 4.79 Å². The van der Waals surface area contributed by atoms with Crippen molar-refractivity contribution in [3.8, 4) is 0 Å². The van der Waals surface area contributed by atoms with E-state index in [0.29, 0.717) is 24.1 Å². The van der Waals surface area contributed by atoms with Gasteiger partial charge in [-0.1, -0.05) is 11.6 Å². The number of piperidine rings is 1. The number of aromatic nitrogens is 1. The highest BCUT2D eigenvalue weighted by molar-refractivity contribution is 6.38. The molecule has 2 aliphatic heterocycles. The molecule has 162 valence electrons. The highest BCUT2D eigenvalue weighted by atomic mass is 35.5. The summed E-state index contributed by atoms with van der Waals surface area (Å²) in [4.78, 5) is 27.2. The number of pyridine rings is 1. The van der Waals surface area contributed by atoms with E-state index >= 15 is 4.39 Å². The number of aromatic carboxylic acids is 1. The first-order chi connectivity index (χ1) is 14.0. The van der Waals surface area contributed by atoms with Crippen LogP contribution in [0.2, 0.25) is 5.02 Å². The normalized spacial score (nSPS) is 19.2. The Morgan fingerprint density at radius 2 is 1.97 bits per heavy atom. The van der Waals surface area contributed by atoms with E-state index < -0.39 is 22.8 Å². The topological polar surface area (TPSA) is 101 Å². The van der Waals surface area contributed by atoms with Crippen molar-refractivity contribution >= 4 is 39.8 Å². The average Bonchev–Trinajstić information content (AvgIpc) is 2.98. The Kier molecular flexibility index (Phi) is 4.97. The summed E-state index contributed by atoms with van der Waals surface area (Å²) >= 11 is 6.71. The Hall–Kier alpha value is -2.32. The van der Waals surface area contributed by atoms with E-state index in [1.165, 1.54) is 0 Å². The summed E-state index contributed by atoms with van der Waals surface area (Å²) in [6.45, 7) is 5.64. The Morgan fingerprint density at radius 3 is 2.57 bits per heavy atom. The van der Waals surface area contributed by atoms with Gasteiger partial charge < -0.3 is 25.6 Å². The number of nitrogens with zero attached hydrogens (tertiary/aromatic N) is 2. The van der Waals surface area contributed by atoms with Gasteiger partial charge in [-0.2, -0.15) is 0 Å². The molecule has 2 aliphatic rings. The SMILES string of the molecule is CN1CCC(Nc2c(F)c(N)c3c(=O)c(C(=O)O)c4n(c3c2Cl)C(C)(C)CC4)CC1. The first-order valence-electron chi connectivity index (χ1n) is 10.1. The van der Waals surface area contributed by atoms with Crippen LogP contribution in [0, 0.1) is 5.82 Å². The van der Waals surface area contributed by atoms with Gasteiger partial charge in [-0.25, -0.2) is 9.18 Å². The van der Waals surface area contributed by atoms with Crippen LogP contribution >= 0.6 is 11.6 Å². The molecule has 9 heteroatoms. The monoisotopic (exact) mass is 436 g/mol. The van der Waals surface area contributed by atoms with Crippen LogP contribution in [0.5, 0.6) is 0 Å². The smallest absolute Gasteiger partial charge is 0.341 e. The van der Waals surface area contributed by atoms with Gasteiger partial charge in [0.1, 0.15) is 5.56 Å². The van der Waals surface area contributed by atoms with Crippen molar-refractivity contribution in [1.82, 2.24) is 9.47 Å². The van der Waals surface area contributed by atoms with Crippen molar-refractivity contribution in [3.63, 3.8) is 0 Å². The summed E-state index contributed by atoms with van der Waals surface area (Å²) in [7, 11) is 2.04. The van der Waals surface area contributed by atoms with Gasteiger partial charge in [0.25, 0.3) is 0 Å². The predicted molar refractivity (Wildman–Crippen MR) is 116 cm³/mol. The van der Waals surface area contributed by atoms with Gasteiger partial charge >= 0.3 is 5.97 Å². The van der Waals surface area contributed by atoms with Crippen LogP contribution in [0.4, 0.5) is 15.8 Å². The van der Waals surface area contributed by atoms with Crippen LogP contribution < -0.4 is 16.5 Å². The number of nitrogens with one attached hydrogen (secondary N) is 1. The van der Waals surface area contributed by atoms with Gasteiger partial charge in [-0.15, -0.1) is 0 Å². The van der Waals surface area contributed by atoms with Crippen molar-refractivity contribution in [2.75, 3.05) is 31.2 Å². The number of carbonyl (C=O) groups is 1. The summed E-state index contributed by atoms with van der Waals surface area (Å²) < 4.78 is 17.1. The lowest BCUT2D eigenvalue weighted by Crippen LogP contribution is -2.37. The molecule has 4 N–H and O–H groups in total. The highest BCUT2D eigenvalue weighted by Crippen LogP contribution is 2.44. The first kappa shape index (κ1) is 20.9. The van der Waals surface area contributed by atoms with E-state index in [0.717, 1.165) is 25.9 Å². The van der Waals surface area contributed by atoms with Gasteiger partial charge in [0.2, 0.25) is 5.43 Å². The average molecular weight is 437 g/mol. The third-order valence-corrected chi connectivity index (χ3v) is 6.85. The van der Waals surface area contributed by atoms with Crippen LogP contribution in [0.15, 0.2) is 4.79 Å². The van der Waals surface area contributed by atoms with Crippen LogP contribution in [0.3, 0.4) is 0 Å². The number of nitrogen functional groups attached to an aromatic ring is 1. The summed E-state index contributed by atoms with van der Waals surface area (Å²) in [6.07, 6.45) is 2.71. The second-order valence-corrected chi connectivity index (χ2v) is 9.34. The number of rotatable bonds is 3. The molecule has 1 fully saturated rings. The van der Waals surface area contributed by atoms with E-state index in [1.807, 2.05) is 20.9 Å². The zero-order valence-corrected chi connectivity index (χ0v) is 18.1. The number of benzene rings is 1. The standard InChI is InChI=1S/C21H26ClFN4O3/c1-21(2)7-4-11-12(20(29)30)19(28)13-16(24)15(23)17(14(22)18(13)27(11)21)25-10-5-8-26(3)9-6-10/h10,25H,4-9,24H2,1-3H3,(H,29,30). The Balaban J connectivity index is 2.02. The maximum absolute atomic E-state index is 15.3. The third-order valence-electron chi connectivity index (χ3n) is 6.49. The molecule has 0 saturated carbocycles. The number of likely N-dealkylation sites (tertiary alicyclic amines) is 1. The lowest BCUT2D eigenvalue weighted by Gasteiger charge is -2.31. The zero-order chi connectivity index (χ0) is 22.0. The maximum Gasteiger partial charge on any atom is 0.341 e. The molecule has 1 aromatic carbocycles. The van der Waals surface area contributed by atoms with Crippen LogP contribution in [0.1, 0.15) is 49.2 Å². The molecule has 0 unspecified atom stereocenters. The van der Waals surface area contributed by atoms with E-state index in [-0.39, 0.29) is 33.4 Å². The van der Waals surface area contributed by atoms with Gasteiger partial charge in [0, 0.05) is 17.3 Å². The predicted octanol–water partition coefficient (Wildman–Crippen LogP) is 3.26. The van der Waals surface area contributed by atoms with Crippen LogP contribution in [-0.4, -0.2) is 46.7 Å². The molecule has 1 saturated heterocycles. The third kappa shape index (κ3) is 3.04. The van der Waals surface area contributed by atoms with Crippen molar-refractivity contribution in [3.05, 3.63) is 32.3 Å². The molecular weight excluding hydrogens is 411 g/mol. The van der Waals surface area contributed by atoms with Crippen molar-refractivity contribution in [2.45, 2.75) is 51.1 Å². The van der Waals surface area contributed by atoms with E-state index in [9.17, 15) is 14.7 Å². The van der Waals surface area contributed by atoms with E-state index in [2.05, 4.69) is 10.2 Å². The molecule has 0 amide bonds. The summed E-state index contributed by atoms with van der Waals surface area (Å²) in [5.74, 6) is -2.15. The molecule has 3 heterocycles. The number of hydrogen-bond donors (Lipinski definition) is 3. The molecule has 4 rings (SSSR count). The number of nitrogens with two attached hydrogens (primary N) is 1. The number of anilines is 2. The minimum atomic E-state index is -1.34. The summed E-state index contributed by atoms with van der Waals surface area (Å²) in [5.41, 5.74) is 4.87. The first-order valence-corrected chi connectivity index (χ1v) is 10.5. The largest absolute Gasteiger partial charge is 0.477 e. The highest BCUT2D eigenvalue weighted by Gasteiger charge is 2.38. The lowest BCUT2D eigenvalue weighted by molar-refractivity contribution is 0.0693. The minimum absolute atomic E-state index is 0.0288. The van der Waals surface area contributed by atoms with E-state index in [4.69, 9.17) is 17.3 Å². The fraction of sp³-hybridized carbons (Fsp3) is 0.524. The Labute approximate surface area is 178 Å². The van der Waals surface area contributed by atoms with E-state index in [1.54, 1.807) is 4.57 Å². The van der Waals surface area contributed by atoms with Crippen molar-refractivity contribution in [2.24, 2.45) is 0 Å². The van der Waals surface area contributed by atoms with Crippen molar-refractivity contribution in [1.29, 1.82) is 0 Å². The molecule has 0 radical (unpaired) electrons. The molecule has 0 atom stereocenters. The Morgan fingerprint density at radius 1 is 1.33 bits per heavy atom. The molecule has 0 aliphatic carbocycles. The lowest BCUT2D eigenvalue weighted by atomic mass is 10.0. The summed E-state index contributed by atoms with van der Waals surface area (Å²) in [6, 6.07) is 0.0288. The second-order valence-electron chi connectivity index (χ2n) is 8.97. The molecular formula is C21H26ClFN4O3. The fourth-order valence-electron chi connectivity index (χ4n) is 4.78. The van der Waals surface area contributed by atoms with Gasteiger partial charge in [-0.05, 0) is 59.7 Å². The number of carboxylic acids is 1. The van der Waals surface area contributed by atoms with Gasteiger partial charge in [0.15, 0.2) is 5.82 Å². The number of carboxylic acid groups (broad SMARTS) is 1. The number of fused-ring (bicyclic) bond motifs is 3. The van der Waals surface area contributed by atoms with Gasteiger partial charge in [0.05, 0.1) is 27.3 Å². The fourth-order valence-corrected chi connectivity index (χ4v) is 5.10. The van der Waals surface area contributed by atoms with Crippen LogP contribution in [0.25, 0.3) is 10.9 Å². The number of halogens is 2. The molecule has 7 nitrogen and oxygen atoms in total. The van der Waals surface area contributed by atoms with Crippen molar-refractivity contribution < 1.29 is 14.3 Å². The second kappa shape index (κ2) is 7.13. The zero-order valence-electron chi connectivity index (χ0n) is 17.3. The molecule has 0 spiro atoms. The van der Waals surface area contributed by atoms with Crippen LogP contribution in [-0.2, 0) is 12.0 Å². The molecule has 0 bridgehead atoms. The number of hydrogen-bond acceptors (Lipinski definition) is 5. The molecule has 1 aromatic heterocycles. The quantitative estimate of drug-likeness (QED) is 0.638. The molecule has 30 heavy (non-hydrogen) atoms.